The molecule has 428 valence electrons. The van der Waals surface area contributed by atoms with Crippen LogP contribution >= 0.6 is 7.82 Å². The lowest BCUT2D eigenvalue weighted by atomic mass is 9.80. The number of rotatable bonds is 23. The number of nitrogens with zero attached hydrogens (tertiary/aromatic N) is 4. The van der Waals surface area contributed by atoms with E-state index in [0.29, 0.717) is 33.8 Å². The number of ether oxygens (including phenoxy) is 5. The Hall–Kier alpha value is -8.80. The lowest BCUT2D eigenvalue weighted by molar-refractivity contribution is -0.120. The average molecular weight is 1150 g/mol. The summed E-state index contributed by atoms with van der Waals surface area (Å²) >= 11 is 0. The standard InChI is InChI=1S/C60H58N7O15P/c1-61-31-33-78-83(74,79-39-50-48(68)35-54(80-50)67-37-42(57(71)65-59(67)73)18-13-30-62-53(69)34-40-14-7-4-8-15-40)82-49-36-55(66-32-29-52(64-58(66)72)63-56(70)41-16-9-5-10-17-41)81-51(49)38-77-60(43-19-11-6-12-20-43,44-21-25-46(75-2)26-22-44)45-23-27-47(76-3)28-24-45/h4-12,14-17,19-29,32,37,48-51,54-55,68H,30-31,33-36,38-39H2,2-3H3,(H,62,69)(H,65,71,73)(H,63,64,70,72)/t48-,49-,50-,51-,54-,55-,83?/m1/s1. The molecule has 0 bridgehead atoms. The third-order valence-corrected chi connectivity index (χ3v) is 15.1. The first-order chi connectivity index (χ1) is 40.3. The zero-order valence-corrected chi connectivity index (χ0v) is 45.9. The minimum Gasteiger partial charge on any atom is -0.497 e. The van der Waals surface area contributed by atoms with E-state index in [2.05, 4.69) is 37.3 Å². The molecule has 2 aliphatic heterocycles. The van der Waals surface area contributed by atoms with Gasteiger partial charge in [0.25, 0.3) is 11.5 Å². The molecular formula is C60H58N7O15P. The molecule has 23 heteroatoms. The summed E-state index contributed by atoms with van der Waals surface area (Å²) in [6.45, 7) is 5.72. The molecule has 2 fully saturated rings. The largest absolute Gasteiger partial charge is 0.497 e. The number of aromatic amines is 1. The third kappa shape index (κ3) is 14.5. The molecule has 7 atom stereocenters. The summed E-state index contributed by atoms with van der Waals surface area (Å²) in [5.41, 5.74) is -0.778. The van der Waals surface area contributed by atoms with Crippen LogP contribution in [0.5, 0.6) is 11.5 Å². The fourth-order valence-electron chi connectivity index (χ4n) is 9.47. The fourth-order valence-corrected chi connectivity index (χ4v) is 10.9. The summed E-state index contributed by atoms with van der Waals surface area (Å²) in [6, 6.07) is 42.9. The topological polar surface area (TPSA) is 263 Å². The molecule has 0 spiro atoms. The number of carbonyl (C=O) groups is 2. The second-order valence-corrected chi connectivity index (χ2v) is 20.6. The van der Waals surface area contributed by atoms with Crippen LogP contribution in [0, 0.1) is 18.4 Å². The first-order valence-corrected chi connectivity index (χ1v) is 27.7. The lowest BCUT2D eigenvalue weighted by Crippen LogP contribution is -2.38. The third-order valence-electron chi connectivity index (χ3n) is 13.6. The molecule has 2 amide bonds. The number of hydrogen-bond donors (Lipinski definition) is 4. The molecule has 9 rings (SSSR count). The van der Waals surface area contributed by atoms with Gasteiger partial charge in [0.15, 0.2) is 0 Å². The van der Waals surface area contributed by atoms with Crippen molar-refractivity contribution >= 4 is 25.5 Å². The Morgan fingerprint density at radius 3 is 2.05 bits per heavy atom. The highest BCUT2D eigenvalue weighted by Crippen LogP contribution is 2.54. The van der Waals surface area contributed by atoms with Crippen LogP contribution in [0.15, 0.2) is 172 Å². The van der Waals surface area contributed by atoms with E-state index in [1.54, 1.807) is 68.8 Å². The van der Waals surface area contributed by atoms with Crippen molar-refractivity contribution in [3.8, 4) is 23.3 Å². The van der Waals surface area contributed by atoms with Crippen molar-refractivity contribution in [2.24, 2.45) is 0 Å². The number of anilines is 1. The second-order valence-electron chi connectivity index (χ2n) is 19.0. The SMILES string of the molecule is [C-]#[N+]CCOP(=O)(OC[C@H]1O[C@@H](n2cc(C#CCNC(=O)Cc3ccccc3)c(=O)[nH]c2=O)C[C@H]1O)O[C@@H]1C[C@H](n2ccc(NC(=O)c3ccccc3)nc2=O)O[C@@H]1COC(c1ccccc1)(c1ccc(OC)cc1)c1ccc(OC)cc1. The van der Waals surface area contributed by atoms with Gasteiger partial charge in [-0.15, -0.1) is 0 Å². The molecule has 5 aromatic carbocycles. The number of phosphoric ester groups is 1. The number of amides is 2. The van der Waals surface area contributed by atoms with E-state index < -0.39 is 86.4 Å². The molecule has 4 N–H and O–H groups in total. The van der Waals surface area contributed by atoms with Crippen LogP contribution in [-0.2, 0) is 49.2 Å². The van der Waals surface area contributed by atoms with Crippen molar-refractivity contribution < 1.29 is 56.5 Å². The van der Waals surface area contributed by atoms with E-state index in [0.717, 1.165) is 10.1 Å². The van der Waals surface area contributed by atoms with Gasteiger partial charge in [-0.3, -0.25) is 42.1 Å². The van der Waals surface area contributed by atoms with E-state index in [1.165, 1.54) is 23.0 Å². The number of aliphatic hydroxyl groups is 1. The second kappa shape index (κ2) is 27.3. The molecule has 7 aromatic rings. The van der Waals surface area contributed by atoms with Crippen LogP contribution < -0.4 is 37.0 Å². The molecule has 4 heterocycles. The summed E-state index contributed by atoms with van der Waals surface area (Å²) in [5.74, 6) is 5.75. The van der Waals surface area contributed by atoms with Gasteiger partial charge >= 0.3 is 19.2 Å². The monoisotopic (exact) mass is 1150 g/mol. The Labute approximate surface area is 476 Å². The highest BCUT2D eigenvalue weighted by Gasteiger charge is 2.47. The van der Waals surface area contributed by atoms with Crippen molar-refractivity contribution in [2.75, 3.05) is 52.4 Å². The number of carbonyl (C=O) groups excluding carboxylic acids is 2. The van der Waals surface area contributed by atoms with Crippen LogP contribution in [0.3, 0.4) is 0 Å². The zero-order valence-electron chi connectivity index (χ0n) is 45.0. The predicted octanol–water partition coefficient (Wildman–Crippen LogP) is 6.16. The Kier molecular flexibility index (Phi) is 19.4. The van der Waals surface area contributed by atoms with Crippen LogP contribution in [0.25, 0.3) is 4.85 Å². The normalized spacial score (nSPS) is 19.1. The molecule has 2 aliphatic rings. The summed E-state index contributed by atoms with van der Waals surface area (Å²) in [4.78, 5) is 75.0. The number of hydrogen-bond acceptors (Lipinski definition) is 16. The van der Waals surface area contributed by atoms with Gasteiger partial charge in [-0.25, -0.2) is 20.7 Å². The van der Waals surface area contributed by atoms with Gasteiger partial charge < -0.3 is 44.3 Å². The van der Waals surface area contributed by atoms with E-state index in [-0.39, 0.29) is 56.2 Å². The van der Waals surface area contributed by atoms with Gasteiger partial charge in [-0.1, -0.05) is 115 Å². The number of H-pyrrole nitrogens is 1. The number of methoxy groups -OCH3 is 2. The van der Waals surface area contributed by atoms with Gasteiger partial charge in [0.05, 0.1) is 46.5 Å². The first kappa shape index (κ1) is 58.8. The lowest BCUT2D eigenvalue weighted by Gasteiger charge is -2.37. The maximum atomic E-state index is 15.1. The quantitative estimate of drug-likeness (QED) is 0.0184. The minimum atomic E-state index is -4.83. The fraction of sp³-hybridized carbons (Fsp3) is 0.283. The van der Waals surface area contributed by atoms with Crippen molar-refractivity contribution in [1.29, 1.82) is 0 Å². The molecule has 0 aliphatic carbocycles. The summed E-state index contributed by atoms with van der Waals surface area (Å²) in [7, 11) is -1.71. The Balaban J connectivity index is 0.983. The number of aliphatic hydroxyl groups excluding tert-OH is 1. The van der Waals surface area contributed by atoms with Crippen molar-refractivity contribution in [1.82, 2.24) is 24.4 Å². The van der Waals surface area contributed by atoms with Gasteiger partial charge in [-0.05, 0) is 64.7 Å². The molecule has 2 saturated heterocycles. The van der Waals surface area contributed by atoms with Gasteiger partial charge in [0.1, 0.15) is 65.9 Å². The molecule has 22 nitrogen and oxygen atoms in total. The van der Waals surface area contributed by atoms with Crippen LogP contribution in [-0.4, -0.2) is 108 Å². The highest BCUT2D eigenvalue weighted by molar-refractivity contribution is 7.48. The maximum absolute atomic E-state index is 15.1. The van der Waals surface area contributed by atoms with Crippen LogP contribution in [0.4, 0.5) is 5.82 Å². The number of nitrogens with one attached hydrogen (secondary N) is 3. The smallest absolute Gasteiger partial charge is 0.475 e. The van der Waals surface area contributed by atoms with Crippen molar-refractivity contribution in [3.05, 3.63) is 234 Å². The molecule has 1 unspecified atom stereocenters. The predicted molar refractivity (Wildman–Crippen MR) is 301 cm³/mol. The summed E-state index contributed by atoms with van der Waals surface area (Å²) in [6.07, 6.45) is -5.02. The molecular weight excluding hydrogens is 1090 g/mol. The Bertz CT molecular complexity index is 3650. The first-order valence-electron chi connectivity index (χ1n) is 26.3. The highest BCUT2D eigenvalue weighted by atomic mass is 31.2. The number of aromatic nitrogens is 4. The summed E-state index contributed by atoms with van der Waals surface area (Å²) in [5, 5.41) is 16.6. The average Bonchev–Trinajstić information content (AvgIpc) is 3.00. The van der Waals surface area contributed by atoms with E-state index in [1.807, 2.05) is 84.9 Å². The number of phosphoric acid groups is 1. The van der Waals surface area contributed by atoms with Crippen LogP contribution in [0.1, 0.15) is 63.5 Å². The molecule has 83 heavy (non-hydrogen) atoms. The van der Waals surface area contributed by atoms with E-state index in [9.17, 15) is 29.1 Å². The van der Waals surface area contributed by atoms with Crippen LogP contribution in [0.2, 0.25) is 0 Å². The summed E-state index contributed by atoms with van der Waals surface area (Å²) < 4.78 is 66.4. The molecule has 2 aromatic heterocycles. The van der Waals surface area contributed by atoms with Gasteiger partial charge in [0, 0.05) is 30.8 Å². The Morgan fingerprint density at radius 1 is 0.795 bits per heavy atom. The van der Waals surface area contributed by atoms with E-state index in [4.69, 9.17) is 43.8 Å². The van der Waals surface area contributed by atoms with Crippen molar-refractivity contribution in [3.63, 3.8) is 0 Å². The zero-order chi connectivity index (χ0) is 58.3. The van der Waals surface area contributed by atoms with Gasteiger partial charge in [-0.2, -0.15) is 4.98 Å². The van der Waals surface area contributed by atoms with Crippen molar-refractivity contribution in [2.45, 2.75) is 61.7 Å². The van der Waals surface area contributed by atoms with Gasteiger partial charge in [0.2, 0.25) is 12.5 Å². The van der Waals surface area contributed by atoms with E-state index >= 15 is 4.57 Å². The maximum Gasteiger partial charge on any atom is 0.475 e. The number of benzene rings is 5. The molecule has 0 saturated carbocycles. The molecule has 0 radical (unpaired) electrons. The Morgan fingerprint density at radius 2 is 1.41 bits per heavy atom. The minimum absolute atomic E-state index is 0.0290.